The van der Waals surface area contributed by atoms with E-state index < -0.39 is 10.0 Å². The highest BCUT2D eigenvalue weighted by atomic mass is 32.2. The van der Waals surface area contributed by atoms with Crippen molar-refractivity contribution in [3.05, 3.63) is 71.6 Å². The Morgan fingerprint density at radius 1 is 1.04 bits per heavy atom. The van der Waals surface area contributed by atoms with Crippen molar-refractivity contribution in [3.8, 4) is 16.5 Å². The summed E-state index contributed by atoms with van der Waals surface area (Å²) < 4.78 is 26.6. The highest BCUT2D eigenvalue weighted by molar-refractivity contribution is 7.89. The molecule has 6 nitrogen and oxygen atoms in total. The lowest BCUT2D eigenvalue weighted by atomic mass is 10.1. The number of nitrogens with zero attached hydrogens (tertiary/aromatic N) is 1. The third-order valence-corrected chi connectivity index (χ3v) is 6.30. The van der Waals surface area contributed by atoms with Crippen molar-refractivity contribution in [2.75, 3.05) is 11.9 Å². The topological polar surface area (TPSA) is 99.1 Å². The Hall–Kier alpha value is -2.99. The van der Waals surface area contributed by atoms with Gasteiger partial charge in [0.1, 0.15) is 0 Å². The smallest absolute Gasteiger partial charge is 0.255 e. The number of thiophene rings is 1. The standard InChI is InChI=1S/C20H17N3O3S2/c21-12-4-13-22-28(25,26)16-10-8-15(9-11-16)20(24)23-18-6-2-1-5-17(18)19-7-3-14-27-19/h1-3,5-11,14,22H,4,13H2,(H,23,24). The van der Waals surface area contributed by atoms with Crippen molar-refractivity contribution in [1.82, 2.24) is 4.72 Å². The normalized spacial score (nSPS) is 11.0. The molecule has 2 N–H and O–H groups in total. The number of para-hydroxylation sites is 1. The van der Waals surface area contributed by atoms with Gasteiger partial charge in [-0.25, -0.2) is 13.1 Å². The predicted octanol–water partition coefficient (Wildman–Crippen LogP) is 3.86. The van der Waals surface area contributed by atoms with Crippen molar-refractivity contribution < 1.29 is 13.2 Å². The van der Waals surface area contributed by atoms with Gasteiger partial charge in [-0.05, 0) is 41.8 Å². The third-order valence-electron chi connectivity index (χ3n) is 3.92. The molecule has 2 aromatic carbocycles. The second-order valence-corrected chi connectivity index (χ2v) is 8.52. The van der Waals surface area contributed by atoms with E-state index in [1.54, 1.807) is 11.3 Å². The van der Waals surface area contributed by atoms with Gasteiger partial charge in [0, 0.05) is 34.7 Å². The van der Waals surface area contributed by atoms with E-state index in [1.165, 1.54) is 24.3 Å². The Morgan fingerprint density at radius 2 is 1.79 bits per heavy atom. The van der Waals surface area contributed by atoms with Gasteiger partial charge < -0.3 is 5.32 Å². The molecule has 0 saturated heterocycles. The maximum atomic E-state index is 12.6. The van der Waals surface area contributed by atoms with Gasteiger partial charge in [0.2, 0.25) is 10.0 Å². The fourth-order valence-electron chi connectivity index (χ4n) is 2.54. The van der Waals surface area contributed by atoms with E-state index in [2.05, 4.69) is 10.0 Å². The summed E-state index contributed by atoms with van der Waals surface area (Å²) >= 11 is 1.58. The summed E-state index contributed by atoms with van der Waals surface area (Å²) in [5.41, 5.74) is 1.95. The molecule has 0 aliphatic heterocycles. The second-order valence-electron chi connectivity index (χ2n) is 5.81. The number of anilines is 1. The molecule has 0 radical (unpaired) electrons. The maximum Gasteiger partial charge on any atom is 0.255 e. The Morgan fingerprint density at radius 3 is 2.46 bits per heavy atom. The first-order valence-corrected chi connectivity index (χ1v) is 10.8. The van der Waals surface area contributed by atoms with Gasteiger partial charge in [0.05, 0.1) is 11.0 Å². The molecule has 0 atom stereocenters. The van der Waals surface area contributed by atoms with E-state index in [9.17, 15) is 13.2 Å². The summed E-state index contributed by atoms with van der Waals surface area (Å²) in [6.07, 6.45) is 0.0867. The average molecular weight is 412 g/mol. The lowest BCUT2D eigenvalue weighted by Crippen LogP contribution is -2.24. The molecule has 1 aromatic heterocycles. The predicted molar refractivity (Wildman–Crippen MR) is 110 cm³/mol. The minimum Gasteiger partial charge on any atom is -0.321 e. The lowest BCUT2D eigenvalue weighted by molar-refractivity contribution is 0.102. The van der Waals surface area contributed by atoms with Crippen LogP contribution in [0.3, 0.4) is 0 Å². The first-order chi connectivity index (χ1) is 13.5. The molecule has 0 unspecified atom stereocenters. The van der Waals surface area contributed by atoms with Gasteiger partial charge in [-0.1, -0.05) is 24.3 Å². The molecule has 0 spiro atoms. The number of nitriles is 1. The van der Waals surface area contributed by atoms with E-state index in [0.717, 1.165) is 10.4 Å². The largest absolute Gasteiger partial charge is 0.321 e. The Kier molecular flexibility index (Phi) is 6.21. The number of hydrogen-bond donors (Lipinski definition) is 2. The molecule has 8 heteroatoms. The summed E-state index contributed by atoms with van der Waals surface area (Å²) in [6, 6.07) is 19.0. The van der Waals surface area contributed by atoms with Crippen molar-refractivity contribution in [2.24, 2.45) is 0 Å². The van der Waals surface area contributed by atoms with Gasteiger partial charge in [-0.3, -0.25) is 4.79 Å². The van der Waals surface area contributed by atoms with Gasteiger partial charge in [0.15, 0.2) is 0 Å². The molecule has 3 rings (SSSR count). The summed E-state index contributed by atoms with van der Waals surface area (Å²) in [7, 11) is -3.70. The quantitative estimate of drug-likeness (QED) is 0.577. The molecule has 0 fully saturated rings. The van der Waals surface area contributed by atoms with E-state index in [4.69, 9.17) is 5.26 Å². The van der Waals surface area contributed by atoms with Crippen LogP contribution in [0.15, 0.2) is 70.9 Å². The monoisotopic (exact) mass is 411 g/mol. The molecule has 0 bridgehead atoms. The van der Waals surface area contributed by atoms with Crippen LogP contribution in [-0.4, -0.2) is 20.9 Å². The molecule has 0 saturated carbocycles. The maximum absolute atomic E-state index is 12.6. The Bertz CT molecular complexity index is 1100. The number of carbonyl (C=O) groups excluding carboxylic acids is 1. The van der Waals surface area contributed by atoms with Gasteiger partial charge in [-0.15, -0.1) is 11.3 Å². The molecule has 1 amide bonds. The number of carbonyl (C=O) groups is 1. The first kappa shape index (κ1) is 19.8. The SMILES string of the molecule is N#CCCNS(=O)(=O)c1ccc(C(=O)Nc2ccccc2-c2cccs2)cc1. The van der Waals surface area contributed by atoms with E-state index in [0.29, 0.717) is 11.3 Å². The van der Waals surface area contributed by atoms with Crippen LogP contribution < -0.4 is 10.0 Å². The van der Waals surface area contributed by atoms with Crippen molar-refractivity contribution in [1.29, 1.82) is 5.26 Å². The minimum absolute atomic E-state index is 0.0422. The second kappa shape index (κ2) is 8.80. The van der Waals surface area contributed by atoms with Crippen LogP contribution in [0.25, 0.3) is 10.4 Å². The number of benzene rings is 2. The zero-order valence-electron chi connectivity index (χ0n) is 14.8. The number of rotatable bonds is 7. The molecular weight excluding hydrogens is 394 g/mol. The summed E-state index contributed by atoms with van der Waals surface area (Å²) in [5.74, 6) is -0.328. The molecule has 3 aromatic rings. The first-order valence-electron chi connectivity index (χ1n) is 8.42. The molecule has 0 aliphatic rings. The summed E-state index contributed by atoms with van der Waals surface area (Å²) in [5, 5.41) is 13.4. The average Bonchev–Trinajstić information content (AvgIpc) is 3.23. The van der Waals surface area contributed by atoms with Crippen molar-refractivity contribution in [3.63, 3.8) is 0 Å². The number of nitrogens with one attached hydrogen (secondary N) is 2. The Balaban J connectivity index is 1.76. The van der Waals surface area contributed by atoms with Gasteiger partial charge in [0.25, 0.3) is 5.91 Å². The number of sulfonamides is 1. The third kappa shape index (κ3) is 4.64. The fraction of sp³-hybridized carbons (Fsp3) is 0.100. The van der Waals surface area contributed by atoms with Gasteiger partial charge in [-0.2, -0.15) is 5.26 Å². The summed E-state index contributed by atoms with van der Waals surface area (Å²) in [6.45, 7) is 0.0422. The summed E-state index contributed by atoms with van der Waals surface area (Å²) in [4.78, 5) is 13.7. The van der Waals surface area contributed by atoms with Crippen molar-refractivity contribution in [2.45, 2.75) is 11.3 Å². The fourth-order valence-corrected chi connectivity index (χ4v) is 4.34. The number of amides is 1. The minimum atomic E-state index is -3.70. The van der Waals surface area contributed by atoms with E-state index in [1.807, 2.05) is 47.8 Å². The number of hydrogen-bond acceptors (Lipinski definition) is 5. The van der Waals surface area contributed by atoms with Crippen LogP contribution >= 0.6 is 11.3 Å². The molecular formula is C20H17N3O3S2. The lowest BCUT2D eigenvalue weighted by Gasteiger charge is -2.10. The van der Waals surface area contributed by atoms with E-state index >= 15 is 0 Å². The van der Waals surface area contributed by atoms with Crippen LogP contribution in [0.4, 0.5) is 5.69 Å². The molecule has 28 heavy (non-hydrogen) atoms. The Labute approximate surface area is 167 Å². The van der Waals surface area contributed by atoms with Gasteiger partial charge >= 0.3 is 0 Å². The van der Waals surface area contributed by atoms with Crippen molar-refractivity contribution >= 4 is 33.0 Å². The van der Waals surface area contributed by atoms with Crippen LogP contribution in [0.2, 0.25) is 0 Å². The van der Waals surface area contributed by atoms with Crippen LogP contribution in [0.1, 0.15) is 16.8 Å². The highest BCUT2D eigenvalue weighted by Gasteiger charge is 2.15. The van der Waals surface area contributed by atoms with E-state index in [-0.39, 0.29) is 23.8 Å². The zero-order valence-corrected chi connectivity index (χ0v) is 16.4. The highest BCUT2D eigenvalue weighted by Crippen LogP contribution is 2.31. The van der Waals surface area contributed by atoms with Crippen LogP contribution in [0.5, 0.6) is 0 Å². The molecule has 1 heterocycles. The van der Waals surface area contributed by atoms with Crippen LogP contribution in [-0.2, 0) is 10.0 Å². The zero-order chi connectivity index (χ0) is 20.0. The molecule has 142 valence electrons. The molecule has 0 aliphatic carbocycles. The van der Waals surface area contributed by atoms with Crippen LogP contribution in [0, 0.1) is 11.3 Å².